The summed E-state index contributed by atoms with van der Waals surface area (Å²) in [5.74, 6) is 0.0165. The van der Waals surface area contributed by atoms with E-state index in [-0.39, 0.29) is 5.91 Å². The number of nitrogens with one attached hydrogen (secondary N) is 1. The maximum Gasteiger partial charge on any atom is 0.262 e. The summed E-state index contributed by atoms with van der Waals surface area (Å²) in [6.45, 7) is 1.87. The van der Waals surface area contributed by atoms with Gasteiger partial charge >= 0.3 is 0 Å². The quantitative estimate of drug-likeness (QED) is 0.939. The summed E-state index contributed by atoms with van der Waals surface area (Å²) in [6, 6.07) is 0. The minimum absolute atomic E-state index is 0.278. The first-order valence-corrected chi connectivity index (χ1v) is 6.31. The van der Waals surface area contributed by atoms with E-state index in [0.717, 1.165) is 10.0 Å². The molecular formula is C12H13BrN4O2. The number of halogens is 1. The number of nitrogens with zero attached hydrogens (tertiary/aromatic N) is 3. The Morgan fingerprint density at radius 3 is 2.84 bits per heavy atom. The van der Waals surface area contributed by atoms with Crippen LogP contribution in [0.4, 0.5) is 5.69 Å². The van der Waals surface area contributed by atoms with Crippen molar-refractivity contribution in [1.82, 2.24) is 14.8 Å². The van der Waals surface area contributed by atoms with Crippen molar-refractivity contribution in [3.8, 4) is 5.88 Å². The summed E-state index contributed by atoms with van der Waals surface area (Å²) >= 11 is 3.36. The predicted molar refractivity (Wildman–Crippen MR) is 74.4 cm³/mol. The molecule has 0 bridgehead atoms. The number of rotatable bonds is 3. The number of hydrogen-bond acceptors (Lipinski definition) is 4. The van der Waals surface area contributed by atoms with Crippen molar-refractivity contribution in [2.24, 2.45) is 7.05 Å². The van der Waals surface area contributed by atoms with Crippen molar-refractivity contribution >= 4 is 27.5 Å². The molecule has 7 heteroatoms. The van der Waals surface area contributed by atoms with E-state index in [0.29, 0.717) is 17.1 Å². The molecule has 0 fully saturated rings. The number of carbonyl (C=O) groups is 1. The zero-order valence-corrected chi connectivity index (χ0v) is 12.4. The first kappa shape index (κ1) is 13.5. The van der Waals surface area contributed by atoms with E-state index in [1.165, 1.54) is 11.8 Å². The Kier molecular flexibility index (Phi) is 3.84. The van der Waals surface area contributed by atoms with Crippen molar-refractivity contribution in [3.05, 3.63) is 34.2 Å². The molecule has 0 spiro atoms. The zero-order chi connectivity index (χ0) is 14.0. The highest BCUT2D eigenvalue weighted by Crippen LogP contribution is 2.26. The largest absolute Gasteiger partial charge is 0.479 e. The molecule has 1 N–H and O–H groups in total. The minimum Gasteiger partial charge on any atom is -0.479 e. The predicted octanol–water partition coefficient (Wildman–Crippen LogP) is 2.15. The summed E-state index contributed by atoms with van der Waals surface area (Å²) < 4.78 is 7.32. The number of carbonyl (C=O) groups excluding carboxylic acids is 1. The van der Waals surface area contributed by atoms with Crippen LogP contribution in [0.3, 0.4) is 0 Å². The molecule has 6 nitrogen and oxygen atoms in total. The molecular weight excluding hydrogens is 312 g/mol. The number of anilines is 1. The van der Waals surface area contributed by atoms with Crippen LogP contribution in [0.1, 0.15) is 15.9 Å². The molecule has 0 aliphatic heterocycles. The lowest BCUT2D eigenvalue weighted by atomic mass is 10.2. The molecule has 0 saturated carbocycles. The van der Waals surface area contributed by atoms with Crippen molar-refractivity contribution in [3.63, 3.8) is 0 Å². The third kappa shape index (κ3) is 2.76. The highest BCUT2D eigenvalue weighted by molar-refractivity contribution is 9.10. The smallest absolute Gasteiger partial charge is 0.262 e. The fraction of sp³-hybridized carbons (Fsp3) is 0.250. The Balaban J connectivity index is 2.31. The molecule has 100 valence electrons. The maximum atomic E-state index is 12.2. The van der Waals surface area contributed by atoms with Gasteiger partial charge < -0.3 is 10.1 Å². The van der Waals surface area contributed by atoms with Gasteiger partial charge in [-0.25, -0.2) is 0 Å². The van der Waals surface area contributed by atoms with E-state index < -0.39 is 0 Å². The molecule has 1 amide bonds. The minimum atomic E-state index is -0.278. The van der Waals surface area contributed by atoms with Crippen LogP contribution in [0.5, 0.6) is 5.88 Å². The monoisotopic (exact) mass is 324 g/mol. The average Bonchev–Trinajstić information content (AvgIpc) is 2.75. The van der Waals surface area contributed by atoms with Crippen LogP contribution in [0.2, 0.25) is 0 Å². The van der Waals surface area contributed by atoms with Gasteiger partial charge in [-0.05, 0) is 28.4 Å². The number of methoxy groups -OCH3 is 1. The third-order valence-electron chi connectivity index (χ3n) is 2.56. The molecule has 0 aliphatic rings. The number of aryl methyl sites for hydroxylation is 2. The molecule has 0 radical (unpaired) electrons. The van der Waals surface area contributed by atoms with Gasteiger partial charge in [0.2, 0.25) is 5.88 Å². The summed E-state index contributed by atoms with van der Waals surface area (Å²) in [7, 11) is 3.21. The van der Waals surface area contributed by atoms with Crippen molar-refractivity contribution in [2.75, 3.05) is 12.4 Å². The molecule has 19 heavy (non-hydrogen) atoms. The normalized spacial score (nSPS) is 10.3. The van der Waals surface area contributed by atoms with Gasteiger partial charge in [-0.3, -0.25) is 14.5 Å². The van der Waals surface area contributed by atoms with E-state index in [1.54, 1.807) is 25.6 Å². The number of amides is 1. The molecule has 2 rings (SSSR count). The van der Waals surface area contributed by atoms with Gasteiger partial charge in [0.05, 0.1) is 17.3 Å². The van der Waals surface area contributed by atoms with Crippen LogP contribution in [-0.4, -0.2) is 27.8 Å². The Hall–Kier alpha value is -1.89. The Morgan fingerprint density at radius 1 is 1.47 bits per heavy atom. The first-order chi connectivity index (χ1) is 9.02. The first-order valence-electron chi connectivity index (χ1n) is 5.52. The van der Waals surface area contributed by atoms with Gasteiger partial charge in [-0.15, -0.1) is 5.10 Å². The number of pyridine rings is 1. The van der Waals surface area contributed by atoms with E-state index in [4.69, 9.17) is 4.74 Å². The summed E-state index contributed by atoms with van der Waals surface area (Å²) in [5, 5.41) is 6.87. The van der Waals surface area contributed by atoms with Crippen LogP contribution in [0.15, 0.2) is 23.1 Å². The van der Waals surface area contributed by atoms with Gasteiger partial charge in [0, 0.05) is 25.6 Å². The molecule has 0 aromatic carbocycles. The van der Waals surface area contributed by atoms with Gasteiger partial charge in [-0.2, -0.15) is 0 Å². The topological polar surface area (TPSA) is 69.0 Å². The standard InChI is InChI=1S/C12H13BrN4O2/c1-7-4-14-5-9(13)10(7)15-11(18)8-6-17(2)16-12(8)19-3/h4-6H,1-3H3,(H,14,15,18). The van der Waals surface area contributed by atoms with Crippen molar-refractivity contribution in [1.29, 1.82) is 0 Å². The SMILES string of the molecule is COc1nn(C)cc1C(=O)Nc1c(C)cncc1Br. The van der Waals surface area contributed by atoms with E-state index >= 15 is 0 Å². The van der Waals surface area contributed by atoms with Crippen molar-refractivity contribution < 1.29 is 9.53 Å². The molecule has 0 atom stereocenters. The average molecular weight is 325 g/mol. The lowest BCUT2D eigenvalue weighted by Gasteiger charge is -2.09. The third-order valence-corrected chi connectivity index (χ3v) is 3.16. The van der Waals surface area contributed by atoms with E-state index in [1.807, 2.05) is 6.92 Å². The maximum absolute atomic E-state index is 12.2. The molecule has 2 aromatic rings. The van der Waals surface area contributed by atoms with Crippen LogP contribution >= 0.6 is 15.9 Å². The lowest BCUT2D eigenvalue weighted by Crippen LogP contribution is -2.13. The Labute approximate surface area is 118 Å². The van der Waals surface area contributed by atoms with Gasteiger partial charge in [0.1, 0.15) is 5.56 Å². The van der Waals surface area contributed by atoms with E-state index in [9.17, 15) is 4.79 Å². The number of ether oxygens (including phenoxy) is 1. The Morgan fingerprint density at radius 2 is 2.21 bits per heavy atom. The second-order valence-corrected chi connectivity index (χ2v) is 4.85. The fourth-order valence-corrected chi connectivity index (χ4v) is 2.18. The highest BCUT2D eigenvalue weighted by atomic mass is 79.9. The van der Waals surface area contributed by atoms with E-state index in [2.05, 4.69) is 31.3 Å². The van der Waals surface area contributed by atoms with Gasteiger partial charge in [-0.1, -0.05) is 0 Å². The molecule has 2 aromatic heterocycles. The van der Waals surface area contributed by atoms with Crippen molar-refractivity contribution in [2.45, 2.75) is 6.92 Å². The zero-order valence-electron chi connectivity index (χ0n) is 10.8. The van der Waals surface area contributed by atoms with Crippen LogP contribution < -0.4 is 10.1 Å². The highest BCUT2D eigenvalue weighted by Gasteiger charge is 2.18. The molecule has 0 unspecified atom stereocenters. The summed E-state index contributed by atoms with van der Waals surface area (Å²) in [6.07, 6.45) is 4.92. The summed E-state index contributed by atoms with van der Waals surface area (Å²) in [4.78, 5) is 16.2. The molecule has 0 aliphatic carbocycles. The second kappa shape index (κ2) is 5.40. The van der Waals surface area contributed by atoms with Crippen LogP contribution in [-0.2, 0) is 7.05 Å². The number of aromatic nitrogens is 3. The number of hydrogen-bond donors (Lipinski definition) is 1. The lowest BCUT2D eigenvalue weighted by molar-refractivity contribution is 0.102. The van der Waals surface area contributed by atoms with Crippen LogP contribution in [0.25, 0.3) is 0 Å². The molecule has 0 saturated heterocycles. The summed E-state index contributed by atoms with van der Waals surface area (Å²) in [5.41, 5.74) is 1.93. The molecule has 2 heterocycles. The Bertz CT molecular complexity index is 604. The van der Waals surface area contributed by atoms with Crippen LogP contribution in [0, 0.1) is 6.92 Å². The second-order valence-electron chi connectivity index (χ2n) is 3.99. The van der Waals surface area contributed by atoms with Gasteiger partial charge in [0.25, 0.3) is 5.91 Å². The van der Waals surface area contributed by atoms with Gasteiger partial charge in [0.15, 0.2) is 0 Å². The fourth-order valence-electron chi connectivity index (χ4n) is 1.65.